The molecule has 0 saturated heterocycles. The van der Waals surface area contributed by atoms with Crippen LogP contribution < -0.4 is 0 Å². The molecule has 2 rings (SSSR count). The van der Waals surface area contributed by atoms with Crippen LogP contribution in [0.3, 0.4) is 0 Å². The lowest BCUT2D eigenvalue weighted by Crippen LogP contribution is -2.07. The molecule has 0 radical (unpaired) electrons. The van der Waals surface area contributed by atoms with Crippen LogP contribution in [-0.2, 0) is 11.2 Å². The largest absolute Gasteiger partial charge is 0.481 e. The molecular formula is C12H12FN3O2. The van der Waals surface area contributed by atoms with E-state index in [1.54, 1.807) is 25.1 Å². The third-order valence-corrected chi connectivity index (χ3v) is 2.42. The Hall–Kier alpha value is -2.24. The SMILES string of the molecule is Cc1nc(CCC(=O)O)n(-c2ccccc2F)n1. The minimum absolute atomic E-state index is 0.0629. The number of carbonyl (C=O) groups is 1. The second-order valence-corrected chi connectivity index (χ2v) is 3.83. The third-order valence-electron chi connectivity index (χ3n) is 2.42. The zero-order valence-corrected chi connectivity index (χ0v) is 9.80. The molecule has 1 aromatic heterocycles. The Bertz CT molecular complexity index is 580. The smallest absolute Gasteiger partial charge is 0.303 e. The Morgan fingerprint density at radius 3 is 2.83 bits per heavy atom. The molecule has 1 N–H and O–H groups in total. The maximum absolute atomic E-state index is 13.7. The van der Waals surface area contributed by atoms with Gasteiger partial charge in [-0.2, -0.15) is 5.10 Å². The topological polar surface area (TPSA) is 68.0 Å². The first kappa shape index (κ1) is 12.2. The van der Waals surface area contributed by atoms with Gasteiger partial charge in [0.25, 0.3) is 0 Å². The van der Waals surface area contributed by atoms with Gasteiger partial charge in [0, 0.05) is 6.42 Å². The summed E-state index contributed by atoms with van der Waals surface area (Å²) in [6.07, 6.45) is 0.150. The highest BCUT2D eigenvalue weighted by Gasteiger charge is 2.13. The predicted molar refractivity (Wildman–Crippen MR) is 62.0 cm³/mol. The van der Waals surface area contributed by atoms with E-state index in [0.29, 0.717) is 11.6 Å². The molecule has 1 heterocycles. The number of aliphatic carboxylic acids is 1. The Labute approximate surface area is 103 Å². The van der Waals surface area contributed by atoms with E-state index in [1.807, 2.05) is 0 Å². The van der Waals surface area contributed by atoms with Gasteiger partial charge in [-0.1, -0.05) is 12.1 Å². The van der Waals surface area contributed by atoms with Crippen molar-refractivity contribution in [2.24, 2.45) is 0 Å². The summed E-state index contributed by atoms with van der Waals surface area (Å²) in [6.45, 7) is 1.68. The fourth-order valence-electron chi connectivity index (χ4n) is 1.66. The molecule has 0 atom stereocenters. The lowest BCUT2D eigenvalue weighted by Gasteiger charge is -2.05. The van der Waals surface area contributed by atoms with Gasteiger partial charge in [0.1, 0.15) is 23.2 Å². The normalized spacial score (nSPS) is 10.6. The summed E-state index contributed by atoms with van der Waals surface area (Å²) in [5.74, 6) is -0.409. The van der Waals surface area contributed by atoms with Gasteiger partial charge in [-0.05, 0) is 19.1 Å². The van der Waals surface area contributed by atoms with Crippen LogP contribution in [0.4, 0.5) is 4.39 Å². The van der Waals surface area contributed by atoms with Crippen molar-refractivity contribution in [1.29, 1.82) is 0 Å². The van der Waals surface area contributed by atoms with E-state index in [1.165, 1.54) is 10.7 Å². The average molecular weight is 249 g/mol. The molecule has 0 aliphatic heterocycles. The molecule has 5 nitrogen and oxygen atoms in total. The second-order valence-electron chi connectivity index (χ2n) is 3.83. The summed E-state index contributed by atoms with van der Waals surface area (Å²) in [7, 11) is 0. The first-order valence-electron chi connectivity index (χ1n) is 5.47. The van der Waals surface area contributed by atoms with Gasteiger partial charge < -0.3 is 5.11 Å². The maximum atomic E-state index is 13.7. The Kier molecular flexibility index (Phi) is 3.36. The Morgan fingerprint density at radius 1 is 1.44 bits per heavy atom. The molecule has 0 bridgehead atoms. The summed E-state index contributed by atoms with van der Waals surface area (Å²) in [5, 5.41) is 12.8. The maximum Gasteiger partial charge on any atom is 0.303 e. The van der Waals surface area contributed by atoms with Crippen LogP contribution in [-0.4, -0.2) is 25.8 Å². The van der Waals surface area contributed by atoms with Crippen molar-refractivity contribution in [2.75, 3.05) is 0 Å². The molecule has 0 amide bonds. The van der Waals surface area contributed by atoms with Crippen LogP contribution in [0.2, 0.25) is 0 Å². The highest BCUT2D eigenvalue weighted by Crippen LogP contribution is 2.15. The summed E-state index contributed by atoms with van der Waals surface area (Å²) in [5.41, 5.74) is 0.276. The van der Waals surface area contributed by atoms with Crippen LogP contribution in [0.15, 0.2) is 24.3 Å². The second kappa shape index (κ2) is 4.95. The summed E-state index contributed by atoms with van der Waals surface area (Å²) >= 11 is 0. The molecule has 18 heavy (non-hydrogen) atoms. The summed E-state index contributed by atoms with van der Waals surface area (Å²) < 4.78 is 15.0. The highest BCUT2D eigenvalue weighted by molar-refractivity contribution is 5.66. The van der Waals surface area contributed by atoms with Gasteiger partial charge in [-0.15, -0.1) is 0 Å². The van der Waals surface area contributed by atoms with Gasteiger partial charge in [0.05, 0.1) is 6.42 Å². The predicted octanol–water partition coefficient (Wildman–Crippen LogP) is 1.73. The van der Waals surface area contributed by atoms with E-state index in [-0.39, 0.29) is 18.5 Å². The number of aryl methyl sites for hydroxylation is 2. The van der Waals surface area contributed by atoms with E-state index < -0.39 is 11.8 Å². The molecule has 0 aliphatic rings. The van der Waals surface area contributed by atoms with Gasteiger partial charge in [-0.25, -0.2) is 14.1 Å². The highest BCUT2D eigenvalue weighted by atomic mass is 19.1. The van der Waals surface area contributed by atoms with E-state index in [9.17, 15) is 9.18 Å². The summed E-state index contributed by atoms with van der Waals surface area (Å²) in [4.78, 5) is 14.7. The average Bonchev–Trinajstić information content (AvgIpc) is 2.68. The van der Waals surface area contributed by atoms with Crippen molar-refractivity contribution in [3.8, 4) is 5.69 Å². The van der Waals surface area contributed by atoms with Crippen LogP contribution >= 0.6 is 0 Å². The number of hydrogen-bond acceptors (Lipinski definition) is 3. The number of rotatable bonds is 4. The zero-order chi connectivity index (χ0) is 13.1. The lowest BCUT2D eigenvalue weighted by molar-refractivity contribution is -0.137. The number of hydrogen-bond donors (Lipinski definition) is 1. The van der Waals surface area contributed by atoms with Crippen molar-refractivity contribution in [3.63, 3.8) is 0 Å². The first-order chi connectivity index (χ1) is 8.58. The van der Waals surface area contributed by atoms with Crippen LogP contribution in [0, 0.1) is 12.7 Å². The monoisotopic (exact) mass is 249 g/mol. The fourth-order valence-corrected chi connectivity index (χ4v) is 1.66. The number of nitrogens with zero attached hydrogens (tertiary/aromatic N) is 3. The molecule has 0 saturated carbocycles. The van der Waals surface area contributed by atoms with Crippen LogP contribution in [0.25, 0.3) is 5.69 Å². The molecule has 0 spiro atoms. The van der Waals surface area contributed by atoms with Crippen LogP contribution in [0.1, 0.15) is 18.1 Å². The van der Waals surface area contributed by atoms with Gasteiger partial charge in [0.15, 0.2) is 0 Å². The van der Waals surface area contributed by atoms with Crippen molar-refractivity contribution in [3.05, 3.63) is 41.7 Å². The minimum Gasteiger partial charge on any atom is -0.481 e. The number of aromatic nitrogens is 3. The quantitative estimate of drug-likeness (QED) is 0.896. The number of para-hydroxylation sites is 1. The minimum atomic E-state index is -0.921. The number of benzene rings is 1. The molecule has 0 fully saturated rings. The number of carboxylic acids is 1. The van der Waals surface area contributed by atoms with Crippen molar-refractivity contribution < 1.29 is 14.3 Å². The zero-order valence-electron chi connectivity index (χ0n) is 9.80. The van der Waals surface area contributed by atoms with E-state index in [4.69, 9.17) is 5.11 Å². The van der Waals surface area contributed by atoms with Crippen LogP contribution in [0.5, 0.6) is 0 Å². The fraction of sp³-hybridized carbons (Fsp3) is 0.250. The van der Waals surface area contributed by atoms with Gasteiger partial charge in [-0.3, -0.25) is 4.79 Å². The molecule has 0 unspecified atom stereocenters. The number of carboxylic acid groups (broad SMARTS) is 1. The number of halogens is 1. The van der Waals surface area contributed by atoms with E-state index in [0.717, 1.165) is 0 Å². The standard InChI is InChI=1S/C12H12FN3O2/c1-8-14-11(6-7-12(17)18)16(15-8)10-5-3-2-4-9(10)13/h2-5H,6-7H2,1H3,(H,17,18). The van der Waals surface area contributed by atoms with E-state index in [2.05, 4.69) is 10.1 Å². The molecule has 2 aromatic rings. The molecular weight excluding hydrogens is 237 g/mol. The molecule has 1 aromatic carbocycles. The summed E-state index contributed by atoms with van der Waals surface area (Å²) in [6, 6.07) is 6.18. The van der Waals surface area contributed by atoms with Gasteiger partial charge in [0.2, 0.25) is 0 Å². The Balaban J connectivity index is 2.38. The molecule has 94 valence electrons. The Morgan fingerprint density at radius 2 is 2.17 bits per heavy atom. The molecule has 0 aliphatic carbocycles. The van der Waals surface area contributed by atoms with Crippen molar-refractivity contribution in [2.45, 2.75) is 19.8 Å². The molecule has 6 heteroatoms. The third kappa shape index (κ3) is 2.53. The van der Waals surface area contributed by atoms with Crippen molar-refractivity contribution >= 4 is 5.97 Å². The van der Waals surface area contributed by atoms with Gasteiger partial charge >= 0.3 is 5.97 Å². The lowest BCUT2D eigenvalue weighted by atomic mass is 10.2. The van der Waals surface area contributed by atoms with Crippen molar-refractivity contribution in [1.82, 2.24) is 14.8 Å². The first-order valence-corrected chi connectivity index (χ1v) is 5.47. The van der Waals surface area contributed by atoms with E-state index >= 15 is 0 Å².